The molecule has 23 rings (SSSR count). The lowest BCUT2D eigenvalue weighted by Crippen LogP contribution is -2.34. The van der Waals surface area contributed by atoms with Crippen molar-refractivity contribution in [2.75, 3.05) is 13.2 Å². The molecular weight excluding hydrogens is 1730 g/mol. The van der Waals surface area contributed by atoms with E-state index < -0.39 is 44.5 Å². The zero-order valence-corrected chi connectivity index (χ0v) is 82.5. The van der Waals surface area contributed by atoms with Crippen LogP contribution < -0.4 is 53.9 Å². The van der Waals surface area contributed by atoms with Crippen molar-refractivity contribution in [3.63, 3.8) is 0 Å². The number of hydrogen-bond acceptors (Lipinski definition) is 10. The smallest absolute Gasteiger partial charge is 0.266 e. The molecule has 0 atom stereocenters. The molecule has 14 heteroatoms. The summed E-state index contributed by atoms with van der Waals surface area (Å²) in [6, 6.07) is 64.6. The molecule has 0 radical (unpaired) electrons. The molecule has 694 valence electrons. The van der Waals surface area contributed by atoms with Gasteiger partial charge in [-0.15, -0.1) is 0 Å². The first-order valence-electron chi connectivity index (χ1n) is 50.1. The maximum atomic E-state index is 16.3. The minimum atomic E-state index is -0.413. The Balaban J connectivity index is 0.740. The van der Waals surface area contributed by atoms with Gasteiger partial charge in [-0.25, -0.2) is 18.3 Å². The van der Waals surface area contributed by atoms with E-state index in [-0.39, 0.29) is 47.3 Å². The Kier molecular flexibility index (Phi) is 20.9. The first kappa shape index (κ1) is 88.9. The summed E-state index contributed by atoms with van der Waals surface area (Å²) in [5.41, 5.74) is 9.63. The van der Waals surface area contributed by atoms with Crippen molar-refractivity contribution >= 4 is 197 Å². The van der Waals surface area contributed by atoms with Crippen molar-refractivity contribution in [3.05, 3.63) is 344 Å². The zero-order chi connectivity index (χ0) is 97.5. The van der Waals surface area contributed by atoms with Gasteiger partial charge in [-0.2, -0.15) is 0 Å². The molecular formula is C126H110N4O10. The number of para-hydroxylation sites is 4. The van der Waals surface area contributed by atoms with Gasteiger partial charge in [0.15, 0.2) is 0 Å². The quantitative estimate of drug-likeness (QED) is 0.0245. The van der Waals surface area contributed by atoms with E-state index in [0.29, 0.717) is 112 Å². The predicted octanol–water partition coefficient (Wildman–Crippen LogP) is 29.4. The van der Waals surface area contributed by atoms with Gasteiger partial charge in [-0.05, 0) is 296 Å². The Morgan fingerprint density at radius 1 is 0.214 bits per heavy atom. The largest absolute Gasteiger partial charge is 0.493 e. The van der Waals surface area contributed by atoms with Gasteiger partial charge in [0.05, 0.1) is 36.0 Å². The summed E-state index contributed by atoms with van der Waals surface area (Å²) in [7, 11) is 0. The Bertz CT molecular complexity index is 9160. The molecule has 0 N–H and O–H groups in total. The monoisotopic (exact) mass is 1840 g/mol. The number of unbranched alkanes of at least 4 members (excludes halogenated alkanes) is 2. The first-order chi connectivity index (χ1) is 67.4. The fourth-order valence-electron chi connectivity index (χ4n) is 24.0. The van der Waals surface area contributed by atoms with Crippen LogP contribution in [0.1, 0.15) is 264 Å². The number of ether oxygens (including phenoxy) is 2. The van der Waals surface area contributed by atoms with E-state index in [2.05, 4.69) is 197 Å². The van der Waals surface area contributed by atoms with Gasteiger partial charge in [0, 0.05) is 75.8 Å². The third-order valence-corrected chi connectivity index (χ3v) is 30.8. The standard InChI is InChI=1S/C126H110N4O10/c1-19-21-51-139-101-55-72(40-36-70-38-42-82-92(54-70)96-60-100-106-90(122(134)130(126(100)138)118-79(67(15)16)33-26-34-80(118)68(17)18)50-46-86-84-44-48-88-104-98(58-94(82)112(108(84)104)114(96)110(86)106)124(136)128(120(88)132)116-75(63(7)8)29-24-30-76(116)64(9)10)102(140-52-22-20-2)56-71(101)39-35-69-37-41-81-91(53-69)95-59-99-105-89(121(133)129(125(99)137)117-77(65(11)12)31-25-32-78(117)66(13)14)49-45-85-83-43-47-87-103-97(57-93(81)111(107(83)103)113(95)109(85)105)123(135)127(119(87)131)115-73(61(3)4)27-23-28-74(115)62(5)6/h23-50,53-68H,19-22,51-52H2,1-18H3/b39-35+,40-36+. The van der Waals surface area contributed by atoms with E-state index >= 15 is 38.4 Å². The minimum Gasteiger partial charge on any atom is -0.493 e. The van der Waals surface area contributed by atoms with E-state index in [1.54, 1.807) is 0 Å². The lowest BCUT2D eigenvalue weighted by atomic mass is 9.80. The van der Waals surface area contributed by atoms with E-state index in [0.717, 1.165) is 200 Å². The van der Waals surface area contributed by atoms with Crippen LogP contribution in [0.25, 0.3) is 219 Å². The van der Waals surface area contributed by atoms with E-state index in [4.69, 9.17) is 9.47 Å². The zero-order valence-electron chi connectivity index (χ0n) is 82.5. The lowest BCUT2D eigenvalue weighted by Gasteiger charge is -2.25. The molecule has 4 heterocycles. The second-order valence-electron chi connectivity index (χ2n) is 41.8. The molecule has 23 aromatic rings. The number of nitrogens with zero attached hydrogens (tertiary/aromatic N) is 4. The van der Waals surface area contributed by atoms with Crippen LogP contribution in [0.15, 0.2) is 232 Å². The molecule has 0 fully saturated rings. The van der Waals surface area contributed by atoms with Crippen LogP contribution in [0.5, 0.6) is 11.5 Å². The van der Waals surface area contributed by atoms with Crippen LogP contribution in [-0.2, 0) is 0 Å². The predicted molar refractivity (Wildman–Crippen MR) is 588 cm³/mol. The molecule has 0 aliphatic carbocycles. The Labute approximate surface area is 808 Å². The molecule has 0 spiro atoms. The van der Waals surface area contributed by atoms with Gasteiger partial charge < -0.3 is 9.47 Å². The maximum Gasteiger partial charge on any atom is 0.266 e. The summed E-state index contributed by atoms with van der Waals surface area (Å²) in [6.45, 7) is 38.7. The number of hydrogen-bond donors (Lipinski definition) is 0. The highest BCUT2D eigenvalue weighted by atomic mass is 16.5. The molecule has 0 saturated heterocycles. The molecule has 0 saturated carbocycles. The lowest BCUT2D eigenvalue weighted by molar-refractivity contribution is 0.300. The second kappa shape index (κ2) is 32.8. The SMILES string of the molecule is CCCCOc1cc(/C=C/c2ccc3c(c2)c2cc4c(=O)n(-c5c(C(C)C)cccc5C(C)C)c(=O)c5ccc6c7ccc8c(=O)n(-c9c(C(C)C)cccc9C(C)C)c(=O)c9cc3c(c7c89)c2c6c54)c(OCCCC)cc1/C=C/c1ccc2c(c1)c1cc3c(=O)n(-c4c(C(C)C)cccc4C(C)C)c(=O)c4ccc5c6ccc7c(=O)n(-c8c(C(C)C)cccc8C(C)C)c(=O)c8cc2c(c6c78)c1c5c43. The van der Waals surface area contributed by atoms with Gasteiger partial charge in [-0.3, -0.25) is 38.4 Å². The minimum absolute atomic E-state index is 0.0187. The highest BCUT2D eigenvalue weighted by Gasteiger charge is 2.35. The third kappa shape index (κ3) is 12.7. The normalized spacial score (nSPS) is 12.9. The van der Waals surface area contributed by atoms with Crippen molar-refractivity contribution in [2.45, 2.75) is 198 Å². The Morgan fingerprint density at radius 3 is 0.650 bits per heavy atom. The highest BCUT2D eigenvalue weighted by molar-refractivity contribution is 6.51. The van der Waals surface area contributed by atoms with Crippen molar-refractivity contribution in [3.8, 4) is 34.2 Å². The van der Waals surface area contributed by atoms with Gasteiger partial charge in [0.25, 0.3) is 44.5 Å². The number of pyridine rings is 4. The Hall–Kier alpha value is -15.0. The molecule has 0 unspecified atom stereocenters. The average Bonchev–Trinajstić information content (AvgIpc) is 0.667. The first-order valence-corrected chi connectivity index (χ1v) is 50.1. The summed E-state index contributed by atoms with van der Waals surface area (Å²) >= 11 is 0. The summed E-state index contributed by atoms with van der Waals surface area (Å²) in [6.07, 6.45) is 11.7. The molecule has 0 bridgehead atoms. The fourth-order valence-corrected chi connectivity index (χ4v) is 24.0. The van der Waals surface area contributed by atoms with E-state index in [1.165, 1.54) is 18.3 Å². The molecule has 19 aromatic carbocycles. The Morgan fingerprint density at radius 2 is 0.421 bits per heavy atom. The molecule has 14 nitrogen and oxygen atoms in total. The van der Waals surface area contributed by atoms with Crippen LogP contribution in [0.4, 0.5) is 0 Å². The number of rotatable bonds is 24. The highest BCUT2D eigenvalue weighted by Crippen LogP contribution is 2.55. The van der Waals surface area contributed by atoms with Gasteiger partial charge in [0.1, 0.15) is 11.5 Å². The average molecular weight is 1840 g/mol. The van der Waals surface area contributed by atoms with Crippen molar-refractivity contribution in [1.29, 1.82) is 0 Å². The summed E-state index contributed by atoms with van der Waals surface area (Å²) in [4.78, 5) is 128. The van der Waals surface area contributed by atoms with Crippen LogP contribution >= 0.6 is 0 Å². The van der Waals surface area contributed by atoms with Crippen molar-refractivity contribution in [2.24, 2.45) is 0 Å². The third-order valence-electron chi connectivity index (χ3n) is 30.8. The molecule has 0 aliphatic rings. The summed E-state index contributed by atoms with van der Waals surface area (Å²) in [5, 5.41) is 21.7. The van der Waals surface area contributed by atoms with Crippen LogP contribution in [0.2, 0.25) is 0 Å². The summed E-state index contributed by atoms with van der Waals surface area (Å²) < 4.78 is 19.6. The fraction of sp³-hybridized carbons (Fsp3) is 0.254. The molecule has 0 amide bonds. The number of benzene rings is 19. The van der Waals surface area contributed by atoms with Gasteiger partial charge in [0.2, 0.25) is 0 Å². The van der Waals surface area contributed by atoms with Gasteiger partial charge in [-0.1, -0.05) is 283 Å². The van der Waals surface area contributed by atoms with Gasteiger partial charge >= 0.3 is 0 Å². The molecule has 0 aliphatic heterocycles. The van der Waals surface area contributed by atoms with E-state index in [9.17, 15) is 0 Å². The topological polar surface area (TPSA) is 175 Å². The number of fused-ring (bicyclic) bond motifs is 8. The van der Waals surface area contributed by atoms with Crippen LogP contribution in [0.3, 0.4) is 0 Å². The van der Waals surface area contributed by atoms with Crippen LogP contribution in [0, 0.1) is 0 Å². The number of aromatic nitrogens is 4. The van der Waals surface area contributed by atoms with Crippen molar-refractivity contribution < 1.29 is 9.47 Å². The summed E-state index contributed by atoms with van der Waals surface area (Å²) in [5.74, 6) is 1.07. The van der Waals surface area contributed by atoms with Crippen LogP contribution in [-0.4, -0.2) is 31.5 Å². The van der Waals surface area contributed by atoms with E-state index in [1.807, 2.05) is 146 Å². The van der Waals surface area contributed by atoms with Crippen molar-refractivity contribution in [1.82, 2.24) is 18.3 Å². The molecule has 4 aromatic heterocycles. The maximum absolute atomic E-state index is 16.3. The second-order valence-corrected chi connectivity index (χ2v) is 41.8. The molecule has 140 heavy (non-hydrogen) atoms.